The lowest BCUT2D eigenvalue weighted by Crippen LogP contribution is -2.08. The molecule has 0 bridgehead atoms. The molecule has 3 rings (SSSR count). The van der Waals surface area contributed by atoms with E-state index in [2.05, 4.69) is 0 Å². The Bertz CT molecular complexity index is 768. The highest BCUT2D eigenvalue weighted by molar-refractivity contribution is 6.32. The van der Waals surface area contributed by atoms with Gasteiger partial charge in [-0.3, -0.25) is 0 Å². The average Bonchev–Trinajstić information content (AvgIpc) is 2.46. The van der Waals surface area contributed by atoms with Crippen molar-refractivity contribution in [2.45, 2.75) is 0 Å². The van der Waals surface area contributed by atoms with Crippen LogP contribution in [0.1, 0.15) is 21.5 Å². The molecule has 1 N–H and O–H groups in total. The van der Waals surface area contributed by atoms with Gasteiger partial charge in [-0.05, 0) is 48.0 Å². The Hall–Kier alpha value is -2.33. The third-order valence-corrected chi connectivity index (χ3v) is 3.58. The standard InChI is InChI=1S/C16H10ClFO3/c17-14-8-10(18)2-3-12(14)11-5-6-21-15-4-1-9(16(19)20)7-13(11)15/h1-5,7-8H,6H2,(H,19,20). The number of fused-ring (bicyclic) bond motifs is 1. The maximum Gasteiger partial charge on any atom is 0.335 e. The van der Waals surface area contributed by atoms with E-state index in [1.807, 2.05) is 0 Å². The van der Waals surface area contributed by atoms with Crippen LogP contribution in [0.5, 0.6) is 5.75 Å². The molecule has 0 saturated heterocycles. The van der Waals surface area contributed by atoms with Gasteiger partial charge in [-0.2, -0.15) is 0 Å². The van der Waals surface area contributed by atoms with Crippen molar-refractivity contribution in [3.05, 3.63) is 70.0 Å². The van der Waals surface area contributed by atoms with Crippen molar-refractivity contribution in [2.24, 2.45) is 0 Å². The minimum Gasteiger partial charge on any atom is -0.489 e. The summed E-state index contributed by atoms with van der Waals surface area (Å²) in [6.07, 6.45) is 1.80. The van der Waals surface area contributed by atoms with Gasteiger partial charge in [0, 0.05) is 11.1 Å². The lowest BCUT2D eigenvalue weighted by molar-refractivity contribution is 0.0697. The molecule has 0 spiro atoms. The van der Waals surface area contributed by atoms with Crippen LogP contribution in [0.3, 0.4) is 0 Å². The summed E-state index contributed by atoms with van der Waals surface area (Å²) in [4.78, 5) is 11.1. The maximum atomic E-state index is 13.2. The van der Waals surface area contributed by atoms with Crippen LogP contribution >= 0.6 is 11.6 Å². The molecule has 0 saturated carbocycles. The number of aromatic carboxylic acids is 1. The van der Waals surface area contributed by atoms with Crippen LogP contribution in [-0.2, 0) is 0 Å². The summed E-state index contributed by atoms with van der Waals surface area (Å²) in [5.74, 6) is -0.860. The van der Waals surface area contributed by atoms with E-state index in [0.717, 1.165) is 5.57 Å². The first-order chi connectivity index (χ1) is 10.1. The molecule has 0 aliphatic carbocycles. The number of carboxylic acids is 1. The summed E-state index contributed by atoms with van der Waals surface area (Å²) in [6, 6.07) is 8.75. The van der Waals surface area contributed by atoms with Gasteiger partial charge in [-0.1, -0.05) is 11.6 Å². The Morgan fingerprint density at radius 1 is 1.19 bits per heavy atom. The number of halogens is 2. The average molecular weight is 305 g/mol. The van der Waals surface area contributed by atoms with Gasteiger partial charge in [-0.25, -0.2) is 9.18 Å². The minimum atomic E-state index is -1.02. The van der Waals surface area contributed by atoms with Gasteiger partial charge in [0.25, 0.3) is 0 Å². The van der Waals surface area contributed by atoms with E-state index in [-0.39, 0.29) is 10.6 Å². The van der Waals surface area contributed by atoms with Crippen LogP contribution in [0.2, 0.25) is 5.02 Å². The lowest BCUT2D eigenvalue weighted by atomic mass is 9.94. The molecule has 2 aromatic carbocycles. The van der Waals surface area contributed by atoms with Crippen molar-refractivity contribution in [1.29, 1.82) is 0 Å². The number of carbonyl (C=O) groups is 1. The molecule has 0 unspecified atom stereocenters. The van der Waals surface area contributed by atoms with E-state index in [1.54, 1.807) is 18.2 Å². The van der Waals surface area contributed by atoms with E-state index in [9.17, 15) is 9.18 Å². The second-order valence-electron chi connectivity index (χ2n) is 4.57. The summed E-state index contributed by atoms with van der Waals surface area (Å²) < 4.78 is 18.7. The van der Waals surface area contributed by atoms with Crippen LogP contribution in [0, 0.1) is 5.82 Å². The van der Waals surface area contributed by atoms with E-state index in [0.29, 0.717) is 23.5 Å². The van der Waals surface area contributed by atoms with Gasteiger partial charge in [0.2, 0.25) is 0 Å². The molecule has 1 aliphatic rings. The molecule has 0 radical (unpaired) electrons. The third kappa shape index (κ3) is 2.50. The Labute approximate surface area is 125 Å². The molecule has 0 fully saturated rings. The molecule has 0 amide bonds. The molecule has 5 heteroatoms. The molecule has 21 heavy (non-hydrogen) atoms. The number of ether oxygens (including phenoxy) is 1. The van der Waals surface area contributed by atoms with Crippen molar-refractivity contribution < 1.29 is 19.0 Å². The van der Waals surface area contributed by atoms with Gasteiger partial charge in [-0.15, -0.1) is 0 Å². The molecule has 106 valence electrons. The number of carboxylic acid groups (broad SMARTS) is 1. The topological polar surface area (TPSA) is 46.5 Å². The monoisotopic (exact) mass is 304 g/mol. The molecular weight excluding hydrogens is 295 g/mol. The van der Waals surface area contributed by atoms with Crippen molar-refractivity contribution in [2.75, 3.05) is 6.61 Å². The smallest absolute Gasteiger partial charge is 0.335 e. The fourth-order valence-corrected chi connectivity index (χ4v) is 2.56. The number of hydrogen-bond donors (Lipinski definition) is 1. The highest BCUT2D eigenvalue weighted by atomic mass is 35.5. The highest BCUT2D eigenvalue weighted by Crippen LogP contribution is 2.37. The Morgan fingerprint density at radius 2 is 2.00 bits per heavy atom. The van der Waals surface area contributed by atoms with Gasteiger partial charge in [0.1, 0.15) is 18.2 Å². The van der Waals surface area contributed by atoms with E-state index in [1.165, 1.54) is 24.3 Å². The van der Waals surface area contributed by atoms with Gasteiger partial charge in [0.15, 0.2) is 0 Å². The van der Waals surface area contributed by atoms with Crippen LogP contribution in [0.4, 0.5) is 4.39 Å². The van der Waals surface area contributed by atoms with Gasteiger partial charge in [0.05, 0.1) is 10.6 Å². The van der Waals surface area contributed by atoms with E-state index >= 15 is 0 Å². The quantitative estimate of drug-likeness (QED) is 0.912. The zero-order valence-electron chi connectivity index (χ0n) is 10.8. The summed E-state index contributed by atoms with van der Waals surface area (Å²) in [5, 5.41) is 9.37. The van der Waals surface area contributed by atoms with Crippen LogP contribution in [0.25, 0.3) is 5.57 Å². The third-order valence-electron chi connectivity index (χ3n) is 3.26. The normalized spacial score (nSPS) is 13.1. The Morgan fingerprint density at radius 3 is 2.71 bits per heavy atom. The Balaban J connectivity index is 2.16. The fourth-order valence-electron chi connectivity index (χ4n) is 2.29. The van der Waals surface area contributed by atoms with E-state index < -0.39 is 11.8 Å². The van der Waals surface area contributed by atoms with Gasteiger partial charge < -0.3 is 9.84 Å². The van der Waals surface area contributed by atoms with Crippen molar-refractivity contribution in [1.82, 2.24) is 0 Å². The summed E-state index contributed by atoms with van der Waals surface area (Å²) in [5.41, 5.74) is 2.17. The van der Waals surface area contributed by atoms with Crippen LogP contribution in [0.15, 0.2) is 42.5 Å². The highest BCUT2D eigenvalue weighted by Gasteiger charge is 2.19. The number of benzene rings is 2. The largest absolute Gasteiger partial charge is 0.489 e. The zero-order chi connectivity index (χ0) is 15.0. The molecule has 3 nitrogen and oxygen atoms in total. The molecule has 1 heterocycles. The Kier molecular flexibility index (Phi) is 3.39. The first kappa shape index (κ1) is 13.6. The molecule has 0 atom stereocenters. The second-order valence-corrected chi connectivity index (χ2v) is 4.98. The molecule has 0 aromatic heterocycles. The van der Waals surface area contributed by atoms with E-state index in [4.69, 9.17) is 21.4 Å². The first-order valence-corrected chi connectivity index (χ1v) is 6.60. The fraction of sp³-hybridized carbons (Fsp3) is 0.0625. The first-order valence-electron chi connectivity index (χ1n) is 6.22. The number of hydrogen-bond acceptors (Lipinski definition) is 2. The predicted octanol–water partition coefficient (Wildman–Crippen LogP) is 4.00. The predicted molar refractivity (Wildman–Crippen MR) is 77.4 cm³/mol. The lowest BCUT2D eigenvalue weighted by Gasteiger charge is -2.20. The van der Waals surface area contributed by atoms with Gasteiger partial charge >= 0.3 is 5.97 Å². The summed E-state index contributed by atoms with van der Waals surface area (Å²) in [7, 11) is 0. The molecule has 2 aromatic rings. The van der Waals surface area contributed by atoms with Crippen molar-refractivity contribution in [3.63, 3.8) is 0 Å². The summed E-state index contributed by atoms with van der Waals surface area (Å²) >= 11 is 6.09. The molecule has 1 aliphatic heterocycles. The minimum absolute atomic E-state index is 0.156. The maximum absolute atomic E-state index is 13.2. The van der Waals surface area contributed by atoms with Crippen LogP contribution in [-0.4, -0.2) is 17.7 Å². The van der Waals surface area contributed by atoms with Crippen molar-refractivity contribution in [3.8, 4) is 5.75 Å². The SMILES string of the molecule is O=C(O)c1ccc2c(c1)C(c1ccc(F)cc1Cl)=CCO2. The zero-order valence-corrected chi connectivity index (χ0v) is 11.5. The molecular formula is C16H10ClFO3. The number of rotatable bonds is 2. The second kappa shape index (κ2) is 5.22. The summed E-state index contributed by atoms with van der Waals surface area (Å²) in [6.45, 7) is 0.350. The van der Waals surface area contributed by atoms with Crippen LogP contribution < -0.4 is 4.74 Å². The van der Waals surface area contributed by atoms with Crippen molar-refractivity contribution >= 4 is 23.1 Å².